The Morgan fingerprint density at radius 1 is 1.29 bits per heavy atom. The van der Waals surface area contributed by atoms with Crippen molar-refractivity contribution in [3.63, 3.8) is 0 Å². The van der Waals surface area contributed by atoms with Crippen molar-refractivity contribution in [2.24, 2.45) is 0 Å². The third-order valence-corrected chi connectivity index (χ3v) is 5.22. The summed E-state index contributed by atoms with van der Waals surface area (Å²) in [6, 6.07) is 7.04. The highest BCUT2D eigenvalue weighted by Gasteiger charge is 2.22. The lowest BCUT2D eigenvalue weighted by molar-refractivity contribution is 0.216. The Hall–Kier alpha value is -1.72. The number of benzene rings is 1. The molecule has 3 aromatic rings. The zero-order valence-electron chi connectivity index (χ0n) is 12.0. The molecule has 1 atom stereocenters. The van der Waals surface area contributed by atoms with E-state index in [1.54, 1.807) is 11.3 Å². The molecule has 3 heterocycles. The molecular formula is C16H17N3OS. The SMILES string of the molecule is C[C@H](c1ccc2scnc2c1)N1CCc2cnoc2CC1. The minimum atomic E-state index is 0.396. The van der Waals surface area contributed by atoms with Crippen molar-refractivity contribution in [1.29, 1.82) is 0 Å². The molecule has 0 N–H and O–H groups in total. The quantitative estimate of drug-likeness (QED) is 0.727. The van der Waals surface area contributed by atoms with Crippen LogP contribution in [0, 0.1) is 0 Å². The van der Waals surface area contributed by atoms with Gasteiger partial charge in [-0.05, 0) is 31.0 Å². The van der Waals surface area contributed by atoms with E-state index in [0.717, 1.165) is 37.2 Å². The van der Waals surface area contributed by atoms with Crippen LogP contribution in [0.5, 0.6) is 0 Å². The topological polar surface area (TPSA) is 42.2 Å². The third-order valence-electron chi connectivity index (χ3n) is 4.41. The number of nitrogens with zero attached hydrogens (tertiary/aromatic N) is 3. The molecule has 1 aromatic carbocycles. The number of rotatable bonds is 2. The Morgan fingerprint density at radius 3 is 3.14 bits per heavy atom. The summed E-state index contributed by atoms with van der Waals surface area (Å²) in [4.78, 5) is 6.94. The first kappa shape index (κ1) is 13.0. The van der Waals surface area contributed by atoms with Crippen LogP contribution < -0.4 is 0 Å². The van der Waals surface area contributed by atoms with Gasteiger partial charge in [-0.25, -0.2) is 4.98 Å². The molecule has 4 rings (SSSR count). The molecule has 4 nitrogen and oxygen atoms in total. The molecule has 0 spiro atoms. The van der Waals surface area contributed by atoms with Crippen molar-refractivity contribution >= 4 is 21.6 Å². The highest BCUT2D eigenvalue weighted by Crippen LogP contribution is 2.27. The van der Waals surface area contributed by atoms with E-state index < -0.39 is 0 Å². The smallest absolute Gasteiger partial charge is 0.141 e. The summed E-state index contributed by atoms with van der Waals surface area (Å²) < 4.78 is 6.59. The predicted octanol–water partition coefficient (Wildman–Crippen LogP) is 3.45. The first-order valence-corrected chi connectivity index (χ1v) is 8.19. The van der Waals surface area contributed by atoms with Gasteiger partial charge in [0.05, 0.1) is 21.9 Å². The van der Waals surface area contributed by atoms with Crippen molar-refractivity contribution < 1.29 is 4.52 Å². The van der Waals surface area contributed by atoms with Gasteiger partial charge in [-0.3, -0.25) is 4.90 Å². The maximum atomic E-state index is 5.33. The van der Waals surface area contributed by atoms with Crippen molar-refractivity contribution in [1.82, 2.24) is 15.0 Å². The number of hydrogen-bond donors (Lipinski definition) is 0. The van der Waals surface area contributed by atoms with E-state index >= 15 is 0 Å². The van der Waals surface area contributed by atoms with E-state index in [-0.39, 0.29) is 0 Å². The van der Waals surface area contributed by atoms with Crippen LogP contribution in [0.4, 0.5) is 0 Å². The number of hydrogen-bond acceptors (Lipinski definition) is 5. The molecule has 2 aromatic heterocycles. The molecule has 0 bridgehead atoms. The summed E-state index contributed by atoms with van der Waals surface area (Å²) in [5.41, 5.74) is 5.62. The third kappa shape index (κ3) is 2.36. The Morgan fingerprint density at radius 2 is 2.19 bits per heavy atom. The van der Waals surface area contributed by atoms with Gasteiger partial charge >= 0.3 is 0 Å². The van der Waals surface area contributed by atoms with Crippen LogP contribution in [-0.2, 0) is 12.8 Å². The van der Waals surface area contributed by atoms with Gasteiger partial charge in [0.1, 0.15) is 5.76 Å². The van der Waals surface area contributed by atoms with Crippen molar-refractivity contribution in [3.8, 4) is 0 Å². The molecule has 0 saturated heterocycles. The molecular weight excluding hydrogens is 282 g/mol. The fraction of sp³-hybridized carbons (Fsp3) is 0.375. The Kier molecular flexibility index (Phi) is 3.24. The zero-order chi connectivity index (χ0) is 14.2. The highest BCUT2D eigenvalue weighted by molar-refractivity contribution is 7.16. The first-order chi connectivity index (χ1) is 10.3. The number of thiazole rings is 1. The molecule has 0 radical (unpaired) electrons. The summed E-state index contributed by atoms with van der Waals surface area (Å²) in [5.74, 6) is 1.06. The van der Waals surface area contributed by atoms with Crippen LogP contribution >= 0.6 is 11.3 Å². The van der Waals surface area contributed by atoms with Gasteiger partial charge in [0.15, 0.2) is 0 Å². The normalized spacial score (nSPS) is 17.6. The lowest BCUT2D eigenvalue weighted by Crippen LogP contribution is -2.29. The average Bonchev–Trinajstić information content (AvgIpc) is 3.11. The van der Waals surface area contributed by atoms with Crippen LogP contribution in [-0.4, -0.2) is 28.1 Å². The fourth-order valence-electron chi connectivity index (χ4n) is 3.05. The van der Waals surface area contributed by atoms with E-state index in [4.69, 9.17) is 4.52 Å². The Labute approximate surface area is 127 Å². The van der Waals surface area contributed by atoms with Crippen LogP contribution in [0.15, 0.2) is 34.4 Å². The largest absolute Gasteiger partial charge is 0.361 e. The van der Waals surface area contributed by atoms with E-state index in [1.165, 1.54) is 15.8 Å². The predicted molar refractivity (Wildman–Crippen MR) is 83.5 cm³/mol. The molecule has 0 fully saturated rings. The van der Waals surface area contributed by atoms with Gasteiger partial charge in [-0.2, -0.15) is 0 Å². The summed E-state index contributed by atoms with van der Waals surface area (Å²) >= 11 is 1.70. The second-order valence-corrected chi connectivity index (χ2v) is 6.45. The monoisotopic (exact) mass is 299 g/mol. The van der Waals surface area contributed by atoms with E-state index in [0.29, 0.717) is 6.04 Å². The second kappa shape index (κ2) is 5.24. The maximum absolute atomic E-state index is 5.33. The van der Waals surface area contributed by atoms with E-state index in [2.05, 4.69) is 40.2 Å². The number of fused-ring (bicyclic) bond motifs is 2. The van der Waals surface area contributed by atoms with Gasteiger partial charge in [0.2, 0.25) is 0 Å². The summed E-state index contributed by atoms with van der Waals surface area (Å²) in [5, 5.41) is 3.90. The fourth-order valence-corrected chi connectivity index (χ4v) is 3.71. The summed E-state index contributed by atoms with van der Waals surface area (Å²) in [6.07, 6.45) is 3.82. The van der Waals surface area contributed by atoms with Crippen molar-refractivity contribution in [3.05, 3.63) is 46.8 Å². The van der Waals surface area contributed by atoms with E-state index in [1.807, 2.05) is 11.7 Å². The summed E-state index contributed by atoms with van der Waals surface area (Å²) in [7, 11) is 0. The maximum Gasteiger partial charge on any atom is 0.141 e. The standard InChI is InChI=1S/C16H17N3OS/c1-11(12-2-3-16-14(8-12)17-10-21-16)19-6-4-13-9-18-20-15(13)5-7-19/h2-3,8-11H,4-7H2,1H3/t11-/m1/s1. The Bertz CT molecular complexity index is 741. The molecule has 0 unspecified atom stereocenters. The molecule has 0 aliphatic carbocycles. The van der Waals surface area contributed by atoms with Crippen LogP contribution in [0.2, 0.25) is 0 Å². The van der Waals surface area contributed by atoms with Gasteiger partial charge in [0, 0.05) is 31.1 Å². The number of aromatic nitrogens is 2. The average molecular weight is 299 g/mol. The van der Waals surface area contributed by atoms with Crippen molar-refractivity contribution in [2.45, 2.75) is 25.8 Å². The molecule has 21 heavy (non-hydrogen) atoms. The lowest BCUT2D eigenvalue weighted by Gasteiger charge is -2.27. The Balaban J connectivity index is 1.56. The van der Waals surface area contributed by atoms with Gasteiger partial charge in [-0.15, -0.1) is 11.3 Å². The second-order valence-electron chi connectivity index (χ2n) is 5.57. The van der Waals surface area contributed by atoms with Crippen LogP contribution in [0.3, 0.4) is 0 Å². The van der Waals surface area contributed by atoms with Crippen LogP contribution in [0.1, 0.15) is 29.9 Å². The summed E-state index contributed by atoms with van der Waals surface area (Å²) in [6.45, 7) is 4.34. The van der Waals surface area contributed by atoms with Gasteiger partial charge in [-0.1, -0.05) is 11.2 Å². The molecule has 5 heteroatoms. The molecule has 0 saturated carbocycles. The highest BCUT2D eigenvalue weighted by atomic mass is 32.1. The zero-order valence-corrected chi connectivity index (χ0v) is 12.8. The molecule has 1 aliphatic heterocycles. The van der Waals surface area contributed by atoms with Gasteiger partial charge < -0.3 is 4.52 Å². The molecule has 0 amide bonds. The van der Waals surface area contributed by atoms with Crippen molar-refractivity contribution in [2.75, 3.05) is 13.1 Å². The molecule has 1 aliphatic rings. The minimum absolute atomic E-state index is 0.396. The minimum Gasteiger partial charge on any atom is -0.361 e. The molecule has 108 valence electrons. The van der Waals surface area contributed by atoms with Gasteiger partial charge in [0.25, 0.3) is 0 Å². The lowest BCUT2D eigenvalue weighted by atomic mass is 10.1. The first-order valence-electron chi connectivity index (χ1n) is 7.31. The van der Waals surface area contributed by atoms with Crippen LogP contribution in [0.25, 0.3) is 10.2 Å². The van der Waals surface area contributed by atoms with E-state index in [9.17, 15) is 0 Å².